The number of sulfone groups is 4. The minimum atomic E-state index is -3.68. The zero-order valence-corrected chi connectivity index (χ0v) is 15.2. The predicted molar refractivity (Wildman–Crippen MR) is 89.8 cm³/mol. The Hall–Kier alpha value is -1.28. The molecule has 13 heteroatoms. The van der Waals surface area contributed by atoms with E-state index in [-0.39, 0.29) is 5.48 Å². The van der Waals surface area contributed by atoms with Crippen LogP contribution >= 0.6 is 0 Å². The second-order valence-electron chi connectivity index (χ2n) is 3.55. The van der Waals surface area contributed by atoms with Crippen LogP contribution in [0.5, 0.6) is 0 Å². The standard InChI is InChI=1S/2C5H8O4S2.H2O/c2*1-3-10(6,7)5-11(8,9)4-2;/h2*3-4H,1-2,5H2;1H2. The van der Waals surface area contributed by atoms with Gasteiger partial charge in [-0.3, -0.25) is 0 Å². The van der Waals surface area contributed by atoms with Gasteiger partial charge in [-0.15, -0.1) is 0 Å². The molecular formula is C10H18O9S4. The Morgan fingerprint density at radius 3 is 0.696 bits per heavy atom. The Labute approximate surface area is 136 Å². The summed E-state index contributed by atoms with van der Waals surface area (Å²) in [5.41, 5.74) is 0. The van der Waals surface area contributed by atoms with Gasteiger partial charge in [0.2, 0.25) is 0 Å². The fourth-order valence-corrected chi connectivity index (χ4v) is 5.85. The minimum absolute atomic E-state index is 0. The fourth-order valence-electron chi connectivity index (χ4n) is 0.650. The van der Waals surface area contributed by atoms with Crippen LogP contribution in [0, 0.1) is 0 Å². The predicted octanol–water partition coefficient (Wildman–Crippen LogP) is -0.704. The topological polar surface area (TPSA) is 168 Å². The van der Waals surface area contributed by atoms with E-state index in [1.165, 1.54) is 0 Å². The largest absolute Gasteiger partial charge is 0.412 e. The van der Waals surface area contributed by atoms with Crippen LogP contribution in [0.1, 0.15) is 0 Å². The van der Waals surface area contributed by atoms with Crippen LogP contribution in [-0.2, 0) is 39.3 Å². The molecule has 0 aliphatic carbocycles. The van der Waals surface area contributed by atoms with Crippen molar-refractivity contribution in [2.75, 3.05) is 10.2 Å². The van der Waals surface area contributed by atoms with Crippen LogP contribution < -0.4 is 0 Å². The lowest BCUT2D eigenvalue weighted by atomic mass is 11.3. The maximum absolute atomic E-state index is 10.6. The normalized spacial score (nSPS) is 11.8. The summed E-state index contributed by atoms with van der Waals surface area (Å²) in [4.78, 5) is 0. The molecule has 0 unspecified atom stereocenters. The fraction of sp³-hybridized carbons (Fsp3) is 0.200. The lowest BCUT2D eigenvalue weighted by Crippen LogP contribution is -2.11. The Balaban J connectivity index is -0.000000333. The lowest BCUT2D eigenvalue weighted by molar-refractivity contribution is 0.594. The van der Waals surface area contributed by atoms with Gasteiger partial charge < -0.3 is 5.48 Å². The van der Waals surface area contributed by atoms with Crippen molar-refractivity contribution >= 4 is 39.3 Å². The van der Waals surface area contributed by atoms with Gasteiger partial charge in [0.15, 0.2) is 49.5 Å². The first kappa shape index (κ1) is 26.6. The highest BCUT2D eigenvalue weighted by atomic mass is 32.3. The van der Waals surface area contributed by atoms with Crippen LogP contribution in [0.3, 0.4) is 0 Å². The molecule has 0 saturated carbocycles. The summed E-state index contributed by atoms with van der Waals surface area (Å²) in [6, 6.07) is 0. The zero-order chi connectivity index (χ0) is 18.2. The summed E-state index contributed by atoms with van der Waals surface area (Å²) >= 11 is 0. The van der Waals surface area contributed by atoms with E-state index in [4.69, 9.17) is 0 Å². The lowest BCUT2D eigenvalue weighted by Gasteiger charge is -1.94. The maximum atomic E-state index is 10.6. The summed E-state index contributed by atoms with van der Waals surface area (Å²) in [5.74, 6) is 0. The number of hydrogen-bond donors (Lipinski definition) is 0. The second-order valence-corrected chi connectivity index (χ2v) is 12.1. The van der Waals surface area contributed by atoms with E-state index < -0.39 is 49.5 Å². The van der Waals surface area contributed by atoms with Crippen LogP contribution in [-0.4, -0.2) is 49.3 Å². The van der Waals surface area contributed by atoms with E-state index in [1.807, 2.05) is 0 Å². The molecule has 136 valence electrons. The van der Waals surface area contributed by atoms with Crippen LogP contribution in [0.4, 0.5) is 0 Å². The van der Waals surface area contributed by atoms with Crippen molar-refractivity contribution in [2.45, 2.75) is 0 Å². The quantitative estimate of drug-likeness (QED) is 0.505. The third kappa shape index (κ3) is 14.1. The summed E-state index contributed by atoms with van der Waals surface area (Å²) < 4.78 is 85.0. The Bertz CT molecular complexity index is 695. The molecule has 0 aromatic carbocycles. The van der Waals surface area contributed by atoms with E-state index in [9.17, 15) is 33.7 Å². The zero-order valence-electron chi connectivity index (χ0n) is 12.0. The Morgan fingerprint density at radius 1 is 0.478 bits per heavy atom. The third-order valence-corrected chi connectivity index (χ3v) is 8.96. The highest BCUT2D eigenvalue weighted by Crippen LogP contribution is 2.00. The van der Waals surface area contributed by atoms with Crippen molar-refractivity contribution in [3.05, 3.63) is 47.9 Å². The molecule has 0 saturated heterocycles. The molecule has 0 atom stereocenters. The molecule has 0 amide bonds. The third-order valence-electron chi connectivity index (χ3n) is 1.67. The van der Waals surface area contributed by atoms with Gasteiger partial charge >= 0.3 is 0 Å². The second kappa shape index (κ2) is 9.77. The molecule has 2 N–H and O–H groups in total. The van der Waals surface area contributed by atoms with Crippen molar-refractivity contribution in [2.24, 2.45) is 0 Å². The number of hydrogen-bond acceptors (Lipinski definition) is 8. The highest BCUT2D eigenvalue weighted by Gasteiger charge is 2.16. The van der Waals surface area contributed by atoms with Gasteiger partial charge in [0.05, 0.1) is 0 Å². The molecule has 23 heavy (non-hydrogen) atoms. The summed E-state index contributed by atoms with van der Waals surface area (Å²) in [6.07, 6.45) is 0. The van der Waals surface area contributed by atoms with Crippen molar-refractivity contribution in [1.29, 1.82) is 0 Å². The van der Waals surface area contributed by atoms with Crippen molar-refractivity contribution in [3.8, 4) is 0 Å². The van der Waals surface area contributed by atoms with Gasteiger partial charge in [-0.05, 0) is 0 Å². The van der Waals surface area contributed by atoms with E-state index in [1.54, 1.807) is 0 Å². The molecule has 0 aromatic heterocycles. The van der Waals surface area contributed by atoms with Gasteiger partial charge in [-0.1, -0.05) is 26.3 Å². The summed E-state index contributed by atoms with van der Waals surface area (Å²) in [7, 11) is -14.7. The highest BCUT2D eigenvalue weighted by molar-refractivity contribution is 8.11. The molecule has 0 fully saturated rings. The molecule has 0 radical (unpaired) electrons. The molecule has 0 rings (SSSR count). The van der Waals surface area contributed by atoms with Gasteiger partial charge in [-0.2, -0.15) is 0 Å². The van der Waals surface area contributed by atoms with E-state index in [0.717, 1.165) is 0 Å². The van der Waals surface area contributed by atoms with Crippen LogP contribution in [0.2, 0.25) is 0 Å². The maximum Gasteiger partial charge on any atom is 0.185 e. The number of rotatable bonds is 8. The molecule has 0 heterocycles. The monoisotopic (exact) mass is 410 g/mol. The first-order chi connectivity index (χ1) is 9.66. The molecule has 9 nitrogen and oxygen atoms in total. The van der Waals surface area contributed by atoms with Crippen LogP contribution in [0.15, 0.2) is 47.9 Å². The molecule has 0 aliphatic heterocycles. The van der Waals surface area contributed by atoms with Crippen molar-refractivity contribution < 1.29 is 39.1 Å². The Morgan fingerprint density at radius 2 is 0.609 bits per heavy atom. The van der Waals surface area contributed by atoms with Crippen LogP contribution in [0.25, 0.3) is 0 Å². The SMILES string of the molecule is C=CS(=O)(=O)CS(=O)(=O)C=C.C=CS(=O)(=O)CS(=O)(=O)C=C.O. The van der Waals surface area contributed by atoms with Gasteiger partial charge in [0.25, 0.3) is 0 Å². The minimum Gasteiger partial charge on any atom is -0.412 e. The molecular weight excluding hydrogens is 392 g/mol. The summed E-state index contributed by atoms with van der Waals surface area (Å²) in [6.45, 7) is 11.9. The summed E-state index contributed by atoms with van der Waals surface area (Å²) in [5, 5.41) is 0.518. The first-order valence-electron chi connectivity index (χ1n) is 5.06. The molecule has 0 bridgehead atoms. The molecule has 0 aromatic rings. The average Bonchev–Trinajstić information content (AvgIpc) is 2.37. The van der Waals surface area contributed by atoms with Crippen molar-refractivity contribution in [1.82, 2.24) is 0 Å². The van der Waals surface area contributed by atoms with E-state index in [2.05, 4.69) is 26.3 Å². The molecule has 0 spiro atoms. The molecule has 0 aliphatic rings. The first-order valence-corrected chi connectivity index (χ1v) is 11.9. The van der Waals surface area contributed by atoms with Crippen molar-refractivity contribution in [3.63, 3.8) is 0 Å². The van der Waals surface area contributed by atoms with Gasteiger partial charge in [0.1, 0.15) is 0 Å². The van der Waals surface area contributed by atoms with Gasteiger partial charge in [-0.25, -0.2) is 33.7 Å². The van der Waals surface area contributed by atoms with E-state index in [0.29, 0.717) is 21.6 Å². The Kier molecular flexibility index (Phi) is 11.3. The average molecular weight is 411 g/mol. The smallest absolute Gasteiger partial charge is 0.185 e. The van der Waals surface area contributed by atoms with Gasteiger partial charge in [0, 0.05) is 21.6 Å². The van der Waals surface area contributed by atoms with E-state index >= 15 is 0 Å².